The van der Waals surface area contributed by atoms with Crippen LogP contribution in [0.1, 0.15) is 46.4 Å². The lowest BCUT2D eigenvalue weighted by atomic mass is 9.59. The van der Waals surface area contributed by atoms with Gasteiger partial charge in [0.25, 0.3) is 0 Å². The smallest absolute Gasteiger partial charge is 0.243 e. The van der Waals surface area contributed by atoms with E-state index >= 15 is 0 Å². The normalized spacial score (nSPS) is 20.0. The van der Waals surface area contributed by atoms with Gasteiger partial charge in [0.05, 0.1) is 22.9 Å². The highest BCUT2D eigenvalue weighted by Crippen LogP contribution is 2.53. The van der Waals surface area contributed by atoms with Crippen molar-refractivity contribution >= 4 is 33.0 Å². The number of rotatable bonds is 7. The molecule has 1 aliphatic carbocycles. The van der Waals surface area contributed by atoms with Gasteiger partial charge in [-0.2, -0.15) is 5.10 Å². The Labute approximate surface area is 197 Å². The van der Waals surface area contributed by atoms with E-state index in [0.717, 1.165) is 41.5 Å². The molecule has 0 amide bonds. The van der Waals surface area contributed by atoms with Crippen LogP contribution in [0, 0.1) is 0 Å². The van der Waals surface area contributed by atoms with Crippen LogP contribution in [0.5, 0.6) is 0 Å². The number of hydrogen-bond acceptors (Lipinski definition) is 6. The molecule has 1 fully saturated rings. The summed E-state index contributed by atoms with van der Waals surface area (Å²) in [5.74, 6) is 0. The van der Waals surface area contributed by atoms with E-state index in [4.69, 9.17) is 16.6 Å². The van der Waals surface area contributed by atoms with Gasteiger partial charge in [0, 0.05) is 48.1 Å². The Morgan fingerprint density at radius 2 is 2.09 bits per heavy atom. The van der Waals surface area contributed by atoms with Gasteiger partial charge in [-0.25, -0.2) is 18.1 Å². The fourth-order valence-electron chi connectivity index (χ4n) is 4.81. The molecule has 1 atom stereocenters. The molecule has 170 valence electrons. The molecule has 0 radical (unpaired) electrons. The average molecular weight is 492 g/mol. The first-order valence-corrected chi connectivity index (χ1v) is 13.5. The van der Waals surface area contributed by atoms with Crippen LogP contribution in [0.15, 0.2) is 41.6 Å². The molecular weight excluding hydrogens is 466 g/mol. The fourth-order valence-corrected chi connectivity index (χ4v) is 7.05. The summed E-state index contributed by atoms with van der Waals surface area (Å²) in [4.78, 5) is 6.50. The minimum Gasteiger partial charge on any atom is -0.307 e. The third-order valence-corrected chi connectivity index (χ3v) is 9.44. The van der Waals surface area contributed by atoms with Gasteiger partial charge in [0.2, 0.25) is 10.0 Å². The number of aryl methyl sites for hydroxylation is 1. The summed E-state index contributed by atoms with van der Waals surface area (Å²) >= 11 is 7.85. The molecule has 0 bridgehead atoms. The number of hydrogen-bond donors (Lipinski definition) is 2. The van der Waals surface area contributed by atoms with Crippen molar-refractivity contribution in [2.24, 2.45) is 7.05 Å². The summed E-state index contributed by atoms with van der Waals surface area (Å²) in [6.45, 7) is 1.24. The Bertz CT molecular complexity index is 1220. The monoisotopic (exact) mass is 491 g/mol. The highest BCUT2D eigenvalue weighted by atomic mass is 35.5. The maximum absolute atomic E-state index is 12.4. The van der Waals surface area contributed by atoms with Crippen molar-refractivity contribution in [3.63, 3.8) is 0 Å². The van der Waals surface area contributed by atoms with Crippen molar-refractivity contribution < 1.29 is 8.42 Å². The molecule has 32 heavy (non-hydrogen) atoms. The van der Waals surface area contributed by atoms with Gasteiger partial charge in [-0.3, -0.25) is 4.68 Å². The summed E-state index contributed by atoms with van der Waals surface area (Å²) in [7, 11) is -1.86. The topological polar surface area (TPSA) is 88.9 Å². The summed E-state index contributed by atoms with van der Waals surface area (Å²) in [6.07, 6.45) is 7.85. The molecule has 1 aromatic carbocycles. The number of nitrogens with one attached hydrogen (secondary N) is 2. The summed E-state index contributed by atoms with van der Waals surface area (Å²) in [6, 6.07) is 8.43. The van der Waals surface area contributed by atoms with Gasteiger partial charge < -0.3 is 5.32 Å². The van der Waals surface area contributed by atoms with Crippen molar-refractivity contribution in [1.82, 2.24) is 24.8 Å². The fraction of sp³-hybridized carbons (Fsp3) is 0.455. The third-order valence-electron chi connectivity index (χ3n) is 6.59. The molecule has 7 nitrogen and oxygen atoms in total. The Hall–Kier alpha value is -1.78. The van der Waals surface area contributed by atoms with E-state index in [1.807, 2.05) is 12.1 Å². The van der Waals surface area contributed by atoms with Gasteiger partial charge >= 0.3 is 0 Å². The van der Waals surface area contributed by atoms with Crippen molar-refractivity contribution in [1.29, 1.82) is 0 Å². The minimum absolute atomic E-state index is 0.0486. The number of sulfonamides is 1. The Morgan fingerprint density at radius 3 is 2.75 bits per heavy atom. The molecule has 2 aromatic heterocycles. The van der Waals surface area contributed by atoms with Crippen LogP contribution in [-0.2, 0) is 35.3 Å². The number of nitrogens with zero attached hydrogens (tertiary/aromatic N) is 3. The maximum Gasteiger partial charge on any atom is 0.243 e. The molecule has 1 unspecified atom stereocenters. The first kappa shape index (κ1) is 22.0. The van der Waals surface area contributed by atoms with Gasteiger partial charge in [0.15, 0.2) is 0 Å². The largest absolute Gasteiger partial charge is 0.307 e. The zero-order valence-corrected chi connectivity index (χ0v) is 20.2. The highest BCUT2D eigenvalue weighted by Gasteiger charge is 2.48. The predicted octanol–water partition coefficient (Wildman–Crippen LogP) is 3.36. The van der Waals surface area contributed by atoms with Crippen LogP contribution in [0.25, 0.3) is 0 Å². The molecule has 3 aromatic rings. The van der Waals surface area contributed by atoms with E-state index < -0.39 is 10.0 Å². The number of benzene rings is 1. The van der Waals surface area contributed by atoms with Crippen LogP contribution in [0.3, 0.4) is 0 Å². The molecule has 0 saturated heterocycles. The molecular formula is C22H26ClN5O2S2. The Balaban J connectivity index is 1.33. The van der Waals surface area contributed by atoms with Crippen LogP contribution in [-0.4, -0.2) is 36.3 Å². The molecule has 3 heterocycles. The number of thiazole rings is 1. The van der Waals surface area contributed by atoms with Crippen molar-refractivity contribution in [2.45, 2.75) is 48.5 Å². The van der Waals surface area contributed by atoms with Gasteiger partial charge in [-0.1, -0.05) is 30.2 Å². The number of fused-ring (bicyclic) bond motifs is 1. The van der Waals surface area contributed by atoms with E-state index in [9.17, 15) is 8.42 Å². The van der Waals surface area contributed by atoms with Crippen molar-refractivity contribution in [3.8, 4) is 0 Å². The van der Waals surface area contributed by atoms with E-state index in [-0.39, 0.29) is 16.4 Å². The zero-order valence-electron chi connectivity index (χ0n) is 17.8. The first-order chi connectivity index (χ1) is 15.4. The molecule has 1 aliphatic heterocycles. The standard InChI is InChI=1S/C22H26ClN5O2S2/c1-28-14-17(13-25-28)32(29,30)26-12-8-19-27-20-18(31-19)7-11-24-21(20)22(9-2-10-22)15-3-5-16(23)6-4-15/h3-6,13-14,21,24,26H,2,7-12H2,1H3. The Kier molecular flexibility index (Phi) is 5.88. The van der Waals surface area contributed by atoms with Crippen LogP contribution >= 0.6 is 22.9 Å². The van der Waals surface area contributed by atoms with E-state index in [1.54, 1.807) is 18.4 Å². The molecule has 10 heteroatoms. The summed E-state index contributed by atoms with van der Waals surface area (Å²) in [5.41, 5.74) is 2.51. The lowest BCUT2D eigenvalue weighted by Crippen LogP contribution is -2.49. The van der Waals surface area contributed by atoms with Gasteiger partial charge in [-0.15, -0.1) is 11.3 Å². The second-order valence-corrected chi connectivity index (χ2v) is 11.9. The molecule has 0 spiro atoms. The third kappa shape index (κ3) is 4.01. The second kappa shape index (κ2) is 8.53. The number of aromatic nitrogens is 3. The van der Waals surface area contributed by atoms with Crippen molar-refractivity contribution in [3.05, 3.63) is 62.8 Å². The van der Waals surface area contributed by atoms with E-state index in [2.05, 4.69) is 27.3 Å². The minimum atomic E-state index is -3.56. The van der Waals surface area contributed by atoms with E-state index in [1.165, 1.54) is 33.9 Å². The molecule has 1 saturated carbocycles. The second-order valence-electron chi connectivity index (χ2n) is 8.57. The van der Waals surface area contributed by atoms with Crippen LogP contribution in [0.4, 0.5) is 0 Å². The highest BCUT2D eigenvalue weighted by molar-refractivity contribution is 7.89. The lowest BCUT2D eigenvalue weighted by molar-refractivity contribution is 0.162. The molecule has 2 N–H and O–H groups in total. The first-order valence-electron chi connectivity index (χ1n) is 10.8. The average Bonchev–Trinajstić information content (AvgIpc) is 3.35. The zero-order chi connectivity index (χ0) is 22.3. The summed E-state index contributed by atoms with van der Waals surface area (Å²) < 4.78 is 29.0. The quantitative estimate of drug-likeness (QED) is 0.529. The van der Waals surface area contributed by atoms with Crippen LogP contribution in [0.2, 0.25) is 5.02 Å². The molecule has 2 aliphatic rings. The van der Waals surface area contributed by atoms with E-state index in [0.29, 0.717) is 13.0 Å². The SMILES string of the molecule is Cn1cc(S(=O)(=O)NCCc2nc3c(s2)CCNC3C2(c3ccc(Cl)cc3)CCC2)cn1. The number of halogens is 1. The lowest BCUT2D eigenvalue weighted by Gasteiger charge is -2.49. The maximum atomic E-state index is 12.4. The van der Waals surface area contributed by atoms with Crippen molar-refractivity contribution in [2.75, 3.05) is 13.1 Å². The van der Waals surface area contributed by atoms with Crippen LogP contribution < -0.4 is 10.0 Å². The predicted molar refractivity (Wildman–Crippen MR) is 126 cm³/mol. The summed E-state index contributed by atoms with van der Waals surface area (Å²) in [5, 5.41) is 9.41. The van der Waals surface area contributed by atoms with Gasteiger partial charge in [0.1, 0.15) is 4.90 Å². The Morgan fingerprint density at radius 1 is 1.31 bits per heavy atom. The van der Waals surface area contributed by atoms with Gasteiger partial charge in [-0.05, 0) is 37.0 Å². The molecule has 5 rings (SSSR count).